The molecule has 1 aromatic carbocycles. The van der Waals surface area contributed by atoms with Gasteiger partial charge in [0.05, 0.1) is 0 Å². The molecule has 0 bridgehead atoms. The van der Waals surface area contributed by atoms with Crippen molar-refractivity contribution >= 4 is 5.97 Å². The second-order valence-electron chi connectivity index (χ2n) is 5.94. The predicted molar refractivity (Wildman–Crippen MR) is 87.8 cm³/mol. The lowest BCUT2D eigenvalue weighted by molar-refractivity contribution is 0.0208. The van der Waals surface area contributed by atoms with Crippen LogP contribution in [0.3, 0.4) is 0 Å². The Kier molecular flexibility index (Phi) is 4.91. The van der Waals surface area contributed by atoms with Crippen LogP contribution < -0.4 is 4.74 Å². The molecule has 1 heterocycles. The van der Waals surface area contributed by atoms with Crippen molar-refractivity contribution in [3.05, 3.63) is 53.7 Å². The Morgan fingerprint density at radius 3 is 2.57 bits per heavy atom. The molecule has 1 aliphatic carbocycles. The summed E-state index contributed by atoms with van der Waals surface area (Å²) in [6.07, 6.45) is 6.99. The summed E-state index contributed by atoms with van der Waals surface area (Å²) in [7, 11) is 0. The summed E-state index contributed by atoms with van der Waals surface area (Å²) in [6.45, 7) is 2.01. The predicted octanol–water partition coefficient (Wildman–Crippen LogP) is 4.67. The number of benzene rings is 1. The molecular formula is C19H21NO3. The van der Waals surface area contributed by atoms with Crippen molar-refractivity contribution in [2.75, 3.05) is 0 Å². The molecule has 0 spiro atoms. The van der Waals surface area contributed by atoms with Crippen molar-refractivity contribution in [3.63, 3.8) is 0 Å². The van der Waals surface area contributed by atoms with Crippen LogP contribution in [0.5, 0.6) is 11.6 Å². The number of rotatable bonds is 4. The molecule has 0 saturated heterocycles. The Morgan fingerprint density at radius 1 is 1.09 bits per heavy atom. The second-order valence-corrected chi connectivity index (χ2v) is 5.94. The summed E-state index contributed by atoms with van der Waals surface area (Å²) in [6, 6.07) is 11.1. The van der Waals surface area contributed by atoms with Gasteiger partial charge in [0.1, 0.15) is 17.4 Å². The molecule has 3 rings (SSSR count). The normalized spacial score (nSPS) is 15.2. The number of pyridine rings is 1. The lowest BCUT2D eigenvalue weighted by Crippen LogP contribution is -2.21. The maximum absolute atomic E-state index is 12.4. The fourth-order valence-electron chi connectivity index (χ4n) is 2.74. The van der Waals surface area contributed by atoms with E-state index in [0.29, 0.717) is 11.3 Å². The van der Waals surface area contributed by atoms with E-state index in [4.69, 9.17) is 9.47 Å². The molecule has 1 saturated carbocycles. The Bertz CT molecular complexity index is 661. The molecule has 1 fully saturated rings. The number of nitrogens with zero attached hydrogens (tertiary/aromatic N) is 1. The van der Waals surface area contributed by atoms with Crippen LogP contribution in [0, 0.1) is 6.92 Å². The average Bonchev–Trinajstić information content (AvgIpc) is 2.58. The Labute approximate surface area is 136 Å². The van der Waals surface area contributed by atoms with E-state index in [1.54, 1.807) is 18.3 Å². The fraction of sp³-hybridized carbons (Fsp3) is 0.368. The second kappa shape index (κ2) is 7.27. The molecule has 1 aromatic heterocycles. The average molecular weight is 311 g/mol. The van der Waals surface area contributed by atoms with Crippen LogP contribution in [0.1, 0.15) is 48.0 Å². The van der Waals surface area contributed by atoms with Crippen LogP contribution >= 0.6 is 0 Å². The van der Waals surface area contributed by atoms with Gasteiger partial charge in [-0.15, -0.1) is 0 Å². The third-order valence-corrected chi connectivity index (χ3v) is 4.05. The highest BCUT2D eigenvalue weighted by atomic mass is 16.5. The summed E-state index contributed by atoms with van der Waals surface area (Å²) in [5, 5.41) is 0. The van der Waals surface area contributed by atoms with Crippen molar-refractivity contribution in [3.8, 4) is 11.6 Å². The van der Waals surface area contributed by atoms with Gasteiger partial charge in [0.25, 0.3) is 0 Å². The first-order chi connectivity index (χ1) is 11.2. The van der Waals surface area contributed by atoms with Gasteiger partial charge in [0.2, 0.25) is 5.88 Å². The van der Waals surface area contributed by atoms with E-state index in [9.17, 15) is 4.79 Å². The van der Waals surface area contributed by atoms with Gasteiger partial charge in [-0.1, -0.05) is 24.1 Å². The van der Waals surface area contributed by atoms with Gasteiger partial charge >= 0.3 is 5.97 Å². The van der Waals surface area contributed by atoms with Crippen molar-refractivity contribution < 1.29 is 14.3 Å². The standard InChI is InChI=1S/C19H21NO3/c1-14-9-11-16(12-10-14)22-18-17(8-5-13-20-18)19(21)23-15-6-3-2-4-7-15/h5,8-13,15H,2-4,6-7H2,1H3. The summed E-state index contributed by atoms with van der Waals surface area (Å²) in [4.78, 5) is 16.6. The first-order valence-electron chi connectivity index (χ1n) is 8.13. The van der Waals surface area contributed by atoms with Crippen LogP contribution in [-0.4, -0.2) is 17.1 Å². The smallest absolute Gasteiger partial charge is 0.343 e. The van der Waals surface area contributed by atoms with Crippen molar-refractivity contribution in [1.82, 2.24) is 4.98 Å². The first-order valence-corrected chi connectivity index (χ1v) is 8.13. The van der Waals surface area contributed by atoms with Crippen LogP contribution in [0.25, 0.3) is 0 Å². The minimum Gasteiger partial charge on any atom is -0.459 e. The van der Waals surface area contributed by atoms with Crippen molar-refractivity contribution in [2.45, 2.75) is 45.1 Å². The largest absolute Gasteiger partial charge is 0.459 e. The third kappa shape index (κ3) is 4.09. The van der Waals surface area contributed by atoms with Gasteiger partial charge in [0.15, 0.2) is 0 Å². The fourth-order valence-corrected chi connectivity index (χ4v) is 2.74. The zero-order valence-electron chi connectivity index (χ0n) is 13.3. The van der Waals surface area contributed by atoms with Crippen molar-refractivity contribution in [2.24, 2.45) is 0 Å². The van der Waals surface area contributed by atoms with Crippen molar-refractivity contribution in [1.29, 1.82) is 0 Å². The van der Waals surface area contributed by atoms with Gasteiger partial charge in [-0.2, -0.15) is 0 Å². The lowest BCUT2D eigenvalue weighted by Gasteiger charge is -2.22. The molecule has 4 nitrogen and oxygen atoms in total. The van der Waals surface area contributed by atoms with Crippen LogP contribution in [0.2, 0.25) is 0 Å². The number of hydrogen-bond donors (Lipinski definition) is 0. The molecule has 2 aromatic rings. The molecule has 23 heavy (non-hydrogen) atoms. The summed E-state index contributed by atoms with van der Waals surface area (Å²) >= 11 is 0. The highest BCUT2D eigenvalue weighted by molar-refractivity contribution is 5.92. The minimum absolute atomic E-state index is 0.0173. The van der Waals surface area contributed by atoms with E-state index < -0.39 is 0 Å². The van der Waals surface area contributed by atoms with E-state index in [0.717, 1.165) is 31.2 Å². The Hall–Kier alpha value is -2.36. The zero-order valence-corrected chi connectivity index (χ0v) is 13.3. The molecule has 0 amide bonds. The maximum atomic E-state index is 12.4. The summed E-state index contributed by atoms with van der Waals surface area (Å²) in [5.74, 6) is 0.588. The SMILES string of the molecule is Cc1ccc(Oc2ncccc2C(=O)OC2CCCCC2)cc1. The Balaban J connectivity index is 1.74. The van der Waals surface area contributed by atoms with E-state index in [-0.39, 0.29) is 18.0 Å². The number of ether oxygens (including phenoxy) is 2. The van der Waals surface area contributed by atoms with E-state index in [2.05, 4.69) is 4.98 Å². The van der Waals surface area contributed by atoms with Gasteiger partial charge in [-0.25, -0.2) is 9.78 Å². The molecule has 0 aliphatic heterocycles. The minimum atomic E-state index is -0.355. The molecule has 0 N–H and O–H groups in total. The van der Waals surface area contributed by atoms with Gasteiger partial charge < -0.3 is 9.47 Å². The zero-order chi connectivity index (χ0) is 16.1. The van der Waals surface area contributed by atoms with Crippen LogP contribution in [0.15, 0.2) is 42.6 Å². The first kappa shape index (κ1) is 15.5. The van der Waals surface area contributed by atoms with Gasteiger partial charge in [-0.05, 0) is 56.9 Å². The van der Waals surface area contributed by atoms with Crippen LogP contribution in [0.4, 0.5) is 0 Å². The van der Waals surface area contributed by atoms with E-state index in [1.165, 1.54) is 6.42 Å². The molecule has 4 heteroatoms. The molecule has 0 unspecified atom stereocenters. The topological polar surface area (TPSA) is 48.4 Å². The third-order valence-electron chi connectivity index (χ3n) is 4.05. The summed E-state index contributed by atoms with van der Waals surface area (Å²) < 4.78 is 11.4. The number of aryl methyl sites for hydroxylation is 1. The molecule has 120 valence electrons. The van der Waals surface area contributed by atoms with E-state index in [1.807, 2.05) is 31.2 Å². The monoisotopic (exact) mass is 311 g/mol. The maximum Gasteiger partial charge on any atom is 0.343 e. The highest BCUT2D eigenvalue weighted by Crippen LogP contribution is 2.26. The summed E-state index contributed by atoms with van der Waals surface area (Å²) in [5.41, 5.74) is 1.52. The molecule has 1 aliphatic rings. The van der Waals surface area contributed by atoms with Gasteiger partial charge in [-0.3, -0.25) is 0 Å². The number of aromatic nitrogens is 1. The van der Waals surface area contributed by atoms with E-state index >= 15 is 0 Å². The number of hydrogen-bond acceptors (Lipinski definition) is 4. The number of carbonyl (C=O) groups excluding carboxylic acids is 1. The molecule has 0 atom stereocenters. The van der Waals surface area contributed by atoms with Crippen LogP contribution in [-0.2, 0) is 4.74 Å². The quantitative estimate of drug-likeness (QED) is 0.770. The number of esters is 1. The molecular weight excluding hydrogens is 290 g/mol. The lowest BCUT2D eigenvalue weighted by atomic mass is 9.98. The Morgan fingerprint density at radius 2 is 1.83 bits per heavy atom. The number of carbonyl (C=O) groups is 1. The highest BCUT2D eigenvalue weighted by Gasteiger charge is 2.22. The molecule has 0 radical (unpaired) electrons. The van der Waals surface area contributed by atoms with Gasteiger partial charge in [0, 0.05) is 6.20 Å².